The molecule has 0 aliphatic rings. The molecule has 3 rings (SSSR count). The van der Waals surface area contributed by atoms with Gasteiger partial charge in [-0.2, -0.15) is 5.43 Å². The highest BCUT2D eigenvalue weighted by Crippen LogP contribution is 2.26. The summed E-state index contributed by atoms with van der Waals surface area (Å²) < 4.78 is 43.7. The van der Waals surface area contributed by atoms with Gasteiger partial charge in [0.25, 0.3) is 12.2 Å². The van der Waals surface area contributed by atoms with Gasteiger partial charge >= 0.3 is 6.36 Å². The number of hydrogen-bond acceptors (Lipinski definition) is 2. The number of rotatable bonds is 4. The number of nitrogens with one attached hydrogen (secondary N) is 1. The minimum atomic E-state index is -4.71. The van der Waals surface area contributed by atoms with Crippen molar-refractivity contribution >= 4 is 5.91 Å². The molecule has 0 atom stereocenters. The molecule has 8 heteroatoms. The Balaban J connectivity index is 1.70. The van der Waals surface area contributed by atoms with Crippen LogP contribution < -0.4 is 14.7 Å². The van der Waals surface area contributed by atoms with Gasteiger partial charge in [0.05, 0.1) is 7.05 Å². The number of carbonyl (C=O) groups is 1. The fourth-order valence-corrected chi connectivity index (χ4v) is 2.36. The average molecular weight is 362 g/mol. The van der Waals surface area contributed by atoms with Gasteiger partial charge in [0.15, 0.2) is 6.20 Å². The smallest absolute Gasteiger partial charge is 0.406 e. The molecule has 0 spiro atoms. The number of benzene rings is 2. The fraction of sp³-hybridized carbons (Fsp3) is 0.111. The molecule has 0 aliphatic carbocycles. The van der Waals surface area contributed by atoms with E-state index in [1.54, 1.807) is 47.6 Å². The molecule has 0 fully saturated rings. The normalized spacial score (nSPS) is 11.2. The second-order valence-corrected chi connectivity index (χ2v) is 5.58. The molecule has 26 heavy (non-hydrogen) atoms. The van der Waals surface area contributed by atoms with Crippen molar-refractivity contribution < 1.29 is 27.3 Å². The van der Waals surface area contributed by atoms with Crippen molar-refractivity contribution in [2.45, 2.75) is 6.36 Å². The minimum absolute atomic E-state index is 0.276. The van der Waals surface area contributed by atoms with E-state index < -0.39 is 6.36 Å². The van der Waals surface area contributed by atoms with Crippen LogP contribution in [0.4, 0.5) is 13.2 Å². The third-order valence-corrected chi connectivity index (χ3v) is 3.57. The number of aryl methyl sites for hydroxylation is 1. The van der Waals surface area contributed by atoms with Gasteiger partial charge < -0.3 is 4.74 Å². The zero-order chi connectivity index (χ0) is 18.7. The Hall–Kier alpha value is -3.29. The van der Waals surface area contributed by atoms with Gasteiger partial charge in [-0.05, 0) is 35.4 Å². The zero-order valence-corrected chi connectivity index (χ0v) is 13.7. The Morgan fingerprint density at radius 3 is 2.12 bits per heavy atom. The molecule has 0 aliphatic heterocycles. The summed E-state index contributed by atoms with van der Waals surface area (Å²) in [6.07, 6.45) is 0.483. The average Bonchev–Trinajstić information content (AvgIpc) is 2.99. The number of amides is 1. The first-order valence-electron chi connectivity index (χ1n) is 7.61. The number of carbonyl (C=O) groups excluding carboxylic acids is 1. The van der Waals surface area contributed by atoms with Crippen LogP contribution in [0.3, 0.4) is 0 Å². The van der Waals surface area contributed by atoms with E-state index in [9.17, 15) is 18.0 Å². The molecule has 2 aromatic carbocycles. The van der Waals surface area contributed by atoms with Gasteiger partial charge in [0, 0.05) is 5.56 Å². The Morgan fingerprint density at radius 1 is 1.04 bits per heavy atom. The van der Waals surface area contributed by atoms with Crippen molar-refractivity contribution in [2.75, 3.05) is 5.43 Å². The lowest BCUT2D eigenvalue weighted by Crippen LogP contribution is -2.27. The predicted octanol–water partition coefficient (Wildman–Crippen LogP) is 3.26. The van der Waals surface area contributed by atoms with Crippen molar-refractivity contribution in [1.29, 1.82) is 0 Å². The molecule has 134 valence electrons. The van der Waals surface area contributed by atoms with Crippen LogP contribution in [0.15, 0.2) is 67.3 Å². The summed E-state index contributed by atoms with van der Waals surface area (Å²) in [7, 11) is 1.84. The Bertz CT molecular complexity index is 901. The number of hydrogen-bond donors (Lipinski definition) is 1. The monoisotopic (exact) mass is 362 g/mol. The van der Waals surface area contributed by atoms with E-state index >= 15 is 0 Å². The van der Waals surface area contributed by atoms with Crippen molar-refractivity contribution in [3.8, 4) is 16.9 Å². The summed E-state index contributed by atoms with van der Waals surface area (Å²) in [5.41, 5.74) is 4.64. The van der Waals surface area contributed by atoms with E-state index in [2.05, 4.69) is 10.2 Å². The topological polar surface area (TPSA) is 47.1 Å². The standard InChI is InChI=1S/C18H14F3N3O2/c1-23-10-11-24(12-23)22-17(25)15-4-2-13(3-5-15)14-6-8-16(9-7-14)26-18(19,20)21/h2-12H,1H3/p+1. The molecule has 0 unspecified atom stereocenters. The first-order chi connectivity index (χ1) is 12.3. The molecule has 0 saturated heterocycles. The van der Waals surface area contributed by atoms with E-state index in [0.717, 1.165) is 5.56 Å². The van der Waals surface area contributed by atoms with Gasteiger partial charge in [-0.1, -0.05) is 24.3 Å². The third-order valence-electron chi connectivity index (χ3n) is 3.57. The quantitative estimate of drug-likeness (QED) is 0.724. The van der Waals surface area contributed by atoms with Crippen molar-refractivity contribution in [2.24, 2.45) is 7.05 Å². The van der Waals surface area contributed by atoms with Crippen LogP contribution in [0.1, 0.15) is 10.4 Å². The van der Waals surface area contributed by atoms with Gasteiger partial charge in [-0.3, -0.25) is 4.79 Å². The largest absolute Gasteiger partial charge is 0.573 e. The molecular formula is C18H15F3N3O2+. The highest BCUT2D eigenvalue weighted by molar-refractivity contribution is 6.00. The van der Waals surface area contributed by atoms with Crippen LogP contribution in [-0.4, -0.2) is 16.9 Å². The number of imidazole rings is 1. The number of alkyl halides is 3. The summed E-state index contributed by atoms with van der Waals surface area (Å²) in [6.45, 7) is 0. The molecule has 5 nitrogen and oxygen atoms in total. The summed E-state index contributed by atoms with van der Waals surface area (Å²) in [5.74, 6) is -0.557. The lowest BCUT2D eigenvalue weighted by Gasteiger charge is -2.09. The van der Waals surface area contributed by atoms with E-state index in [1.807, 2.05) is 7.05 Å². The first-order valence-corrected chi connectivity index (χ1v) is 7.61. The third kappa shape index (κ3) is 4.41. The molecule has 3 aromatic rings. The molecular weight excluding hydrogens is 347 g/mol. The summed E-state index contributed by atoms with van der Waals surface area (Å²) in [4.78, 5) is 12.2. The summed E-state index contributed by atoms with van der Waals surface area (Å²) >= 11 is 0. The van der Waals surface area contributed by atoms with Gasteiger partial charge in [-0.25, -0.2) is 4.57 Å². The molecule has 1 heterocycles. The maximum absolute atomic E-state index is 12.2. The summed E-state index contributed by atoms with van der Waals surface area (Å²) in [5, 5.41) is 0. The molecule has 1 aromatic heterocycles. The number of ether oxygens (including phenoxy) is 1. The highest BCUT2D eigenvalue weighted by atomic mass is 19.4. The van der Waals surface area contributed by atoms with Gasteiger partial charge in [0.2, 0.25) is 0 Å². The van der Waals surface area contributed by atoms with Crippen LogP contribution in [-0.2, 0) is 7.05 Å². The molecule has 1 N–H and O–H groups in total. The maximum Gasteiger partial charge on any atom is 0.573 e. The Kier molecular flexibility index (Phi) is 4.66. The Morgan fingerprint density at radius 2 is 1.62 bits per heavy atom. The molecule has 1 amide bonds. The SMILES string of the molecule is C[n+]1ccn(NC(=O)c2ccc(-c3ccc(OC(F)(F)F)cc3)cc2)c1. The Labute approximate surface area is 147 Å². The first kappa shape index (κ1) is 17.5. The lowest BCUT2D eigenvalue weighted by atomic mass is 10.0. The van der Waals surface area contributed by atoms with Crippen LogP contribution in [0.25, 0.3) is 11.1 Å². The van der Waals surface area contributed by atoms with Crippen molar-refractivity contribution in [3.63, 3.8) is 0 Å². The van der Waals surface area contributed by atoms with E-state index in [0.29, 0.717) is 11.1 Å². The molecule has 0 bridgehead atoms. The maximum atomic E-state index is 12.2. The number of nitrogens with zero attached hydrogens (tertiary/aromatic N) is 2. The zero-order valence-electron chi connectivity index (χ0n) is 13.7. The number of aromatic nitrogens is 2. The van der Waals surface area contributed by atoms with Crippen LogP contribution in [0.2, 0.25) is 0 Å². The lowest BCUT2D eigenvalue weighted by molar-refractivity contribution is -0.670. The molecule has 0 saturated carbocycles. The van der Waals surface area contributed by atoms with E-state index in [-0.39, 0.29) is 11.7 Å². The van der Waals surface area contributed by atoms with Crippen molar-refractivity contribution in [3.05, 3.63) is 72.8 Å². The predicted molar refractivity (Wildman–Crippen MR) is 87.9 cm³/mol. The van der Waals surface area contributed by atoms with Crippen LogP contribution in [0.5, 0.6) is 5.75 Å². The molecule has 0 radical (unpaired) electrons. The van der Waals surface area contributed by atoms with E-state index in [1.165, 1.54) is 28.9 Å². The second-order valence-electron chi connectivity index (χ2n) is 5.58. The van der Waals surface area contributed by atoms with Gasteiger partial charge in [0.1, 0.15) is 11.9 Å². The second kappa shape index (κ2) is 6.91. The van der Waals surface area contributed by atoms with Gasteiger partial charge in [-0.15, -0.1) is 17.8 Å². The van der Waals surface area contributed by atoms with Crippen molar-refractivity contribution in [1.82, 2.24) is 4.68 Å². The minimum Gasteiger partial charge on any atom is -0.406 e. The summed E-state index contributed by atoms with van der Waals surface area (Å²) in [6, 6.07) is 12.3. The number of halogens is 3. The van der Waals surface area contributed by atoms with Crippen LogP contribution in [0, 0.1) is 0 Å². The highest BCUT2D eigenvalue weighted by Gasteiger charge is 2.30. The van der Waals surface area contributed by atoms with Crippen LogP contribution >= 0.6 is 0 Å². The van der Waals surface area contributed by atoms with E-state index in [4.69, 9.17) is 0 Å². The fourth-order valence-electron chi connectivity index (χ4n) is 2.36.